The molecule has 0 bridgehead atoms. The lowest BCUT2D eigenvalue weighted by molar-refractivity contribution is 0.244. The van der Waals surface area contributed by atoms with E-state index in [1.807, 2.05) is 6.07 Å². The van der Waals surface area contributed by atoms with Gasteiger partial charge in [-0.3, -0.25) is 10.2 Å². The third-order valence-electron chi connectivity index (χ3n) is 4.31. The molecule has 3 heterocycles. The van der Waals surface area contributed by atoms with Crippen LogP contribution in [0.15, 0.2) is 18.5 Å². The summed E-state index contributed by atoms with van der Waals surface area (Å²) >= 11 is 1.22. The number of hydrogen-bond donors (Lipinski definition) is 2. The van der Waals surface area contributed by atoms with Gasteiger partial charge in [0.15, 0.2) is 0 Å². The first-order chi connectivity index (χ1) is 13.2. The Labute approximate surface area is 163 Å². The van der Waals surface area contributed by atoms with Crippen LogP contribution in [-0.4, -0.2) is 69.5 Å². The number of hydrogen-bond acceptors (Lipinski definition) is 8. The molecule has 146 valence electrons. The SMILES string of the molecule is CCCc1nsc(NC(=O)NCCCN2CCN(c3ncccn3)CC2)n1. The molecule has 0 saturated carbocycles. The van der Waals surface area contributed by atoms with Gasteiger partial charge in [0.1, 0.15) is 5.82 Å². The van der Waals surface area contributed by atoms with Crippen molar-refractivity contribution in [1.82, 2.24) is 29.5 Å². The zero-order valence-corrected chi connectivity index (χ0v) is 16.4. The highest BCUT2D eigenvalue weighted by Gasteiger charge is 2.18. The average Bonchev–Trinajstić information content (AvgIpc) is 3.13. The molecule has 0 unspecified atom stereocenters. The predicted octanol–water partition coefficient (Wildman–Crippen LogP) is 1.61. The Morgan fingerprint density at radius 1 is 1.22 bits per heavy atom. The number of aromatic nitrogens is 4. The third-order valence-corrected chi connectivity index (χ3v) is 4.97. The monoisotopic (exact) mass is 390 g/mol. The molecule has 1 aliphatic heterocycles. The van der Waals surface area contributed by atoms with Gasteiger partial charge in [-0.1, -0.05) is 6.92 Å². The van der Waals surface area contributed by atoms with E-state index >= 15 is 0 Å². The third kappa shape index (κ3) is 6.10. The Balaban J connectivity index is 1.28. The number of urea groups is 1. The molecule has 0 spiro atoms. The molecule has 0 aromatic carbocycles. The fourth-order valence-corrected chi connectivity index (χ4v) is 3.51. The molecule has 27 heavy (non-hydrogen) atoms. The summed E-state index contributed by atoms with van der Waals surface area (Å²) in [5, 5.41) is 6.17. The molecule has 9 nitrogen and oxygen atoms in total. The van der Waals surface area contributed by atoms with Crippen LogP contribution in [0.5, 0.6) is 0 Å². The lowest BCUT2D eigenvalue weighted by Gasteiger charge is -2.34. The van der Waals surface area contributed by atoms with E-state index in [9.17, 15) is 4.79 Å². The smallest absolute Gasteiger partial charge is 0.321 e. The molecule has 10 heteroatoms. The normalized spacial score (nSPS) is 14.9. The highest BCUT2D eigenvalue weighted by atomic mass is 32.1. The van der Waals surface area contributed by atoms with Crippen LogP contribution in [0.2, 0.25) is 0 Å². The molecule has 0 aliphatic carbocycles. The molecular weight excluding hydrogens is 364 g/mol. The summed E-state index contributed by atoms with van der Waals surface area (Å²) in [4.78, 5) is 29.4. The summed E-state index contributed by atoms with van der Waals surface area (Å²) in [6.07, 6.45) is 6.29. The largest absolute Gasteiger partial charge is 0.338 e. The topological polar surface area (TPSA) is 99.2 Å². The average molecular weight is 391 g/mol. The summed E-state index contributed by atoms with van der Waals surface area (Å²) in [6, 6.07) is 1.61. The number of piperazine rings is 1. The van der Waals surface area contributed by atoms with Gasteiger partial charge in [0.25, 0.3) is 0 Å². The van der Waals surface area contributed by atoms with Gasteiger partial charge in [-0.15, -0.1) is 0 Å². The van der Waals surface area contributed by atoms with Crippen molar-refractivity contribution in [3.8, 4) is 0 Å². The van der Waals surface area contributed by atoms with Crippen molar-refractivity contribution in [3.63, 3.8) is 0 Å². The fourth-order valence-electron chi connectivity index (χ4n) is 2.90. The lowest BCUT2D eigenvalue weighted by Crippen LogP contribution is -2.47. The van der Waals surface area contributed by atoms with Crippen molar-refractivity contribution in [3.05, 3.63) is 24.3 Å². The minimum atomic E-state index is -0.222. The van der Waals surface area contributed by atoms with E-state index in [0.717, 1.165) is 63.8 Å². The predicted molar refractivity (Wildman–Crippen MR) is 106 cm³/mol. The van der Waals surface area contributed by atoms with E-state index in [0.29, 0.717) is 11.7 Å². The molecule has 1 fully saturated rings. The van der Waals surface area contributed by atoms with E-state index in [2.05, 4.69) is 46.7 Å². The summed E-state index contributed by atoms with van der Waals surface area (Å²) in [5.41, 5.74) is 0. The lowest BCUT2D eigenvalue weighted by atomic mass is 10.3. The Bertz CT molecular complexity index is 702. The maximum absolute atomic E-state index is 11.9. The van der Waals surface area contributed by atoms with Crippen LogP contribution < -0.4 is 15.5 Å². The van der Waals surface area contributed by atoms with E-state index in [1.54, 1.807) is 12.4 Å². The second kappa shape index (κ2) is 10.1. The second-order valence-corrected chi connectivity index (χ2v) is 7.13. The van der Waals surface area contributed by atoms with E-state index in [-0.39, 0.29) is 6.03 Å². The summed E-state index contributed by atoms with van der Waals surface area (Å²) in [5.74, 6) is 1.59. The van der Waals surface area contributed by atoms with Crippen molar-refractivity contribution >= 4 is 28.6 Å². The Kier molecular flexibility index (Phi) is 7.28. The first kappa shape index (κ1) is 19.4. The molecular formula is C17H26N8OS. The van der Waals surface area contributed by atoms with Gasteiger partial charge in [0, 0.05) is 63.1 Å². The van der Waals surface area contributed by atoms with Gasteiger partial charge >= 0.3 is 6.03 Å². The van der Waals surface area contributed by atoms with Gasteiger partial charge < -0.3 is 10.2 Å². The number of carbonyl (C=O) groups is 1. The van der Waals surface area contributed by atoms with Gasteiger partial charge in [0.2, 0.25) is 11.1 Å². The van der Waals surface area contributed by atoms with E-state index in [4.69, 9.17) is 0 Å². The maximum atomic E-state index is 11.9. The summed E-state index contributed by atoms with van der Waals surface area (Å²) in [7, 11) is 0. The highest BCUT2D eigenvalue weighted by molar-refractivity contribution is 7.09. The Hall–Kier alpha value is -2.33. The van der Waals surface area contributed by atoms with Crippen LogP contribution in [0.3, 0.4) is 0 Å². The number of rotatable bonds is 8. The molecule has 3 rings (SSSR count). The molecule has 2 N–H and O–H groups in total. The highest BCUT2D eigenvalue weighted by Crippen LogP contribution is 2.12. The second-order valence-electron chi connectivity index (χ2n) is 6.38. The van der Waals surface area contributed by atoms with Crippen LogP contribution >= 0.6 is 11.5 Å². The summed E-state index contributed by atoms with van der Waals surface area (Å²) < 4.78 is 4.21. The first-order valence-electron chi connectivity index (χ1n) is 9.36. The molecule has 2 aromatic heterocycles. The maximum Gasteiger partial charge on any atom is 0.321 e. The van der Waals surface area contributed by atoms with Crippen LogP contribution in [0.4, 0.5) is 15.9 Å². The zero-order valence-electron chi connectivity index (χ0n) is 15.6. The number of carbonyl (C=O) groups excluding carboxylic acids is 1. The quantitative estimate of drug-likeness (QED) is 0.661. The van der Waals surface area contributed by atoms with Gasteiger partial charge in [-0.25, -0.2) is 19.7 Å². The van der Waals surface area contributed by atoms with Crippen LogP contribution in [0.25, 0.3) is 0 Å². The molecule has 1 saturated heterocycles. The number of nitrogens with one attached hydrogen (secondary N) is 2. The number of nitrogens with zero attached hydrogens (tertiary/aromatic N) is 6. The van der Waals surface area contributed by atoms with Crippen LogP contribution in [0, 0.1) is 0 Å². The molecule has 0 atom stereocenters. The Morgan fingerprint density at radius 2 is 2.00 bits per heavy atom. The summed E-state index contributed by atoms with van der Waals surface area (Å²) in [6.45, 7) is 7.49. The van der Waals surface area contributed by atoms with E-state index in [1.165, 1.54) is 11.5 Å². The Morgan fingerprint density at radius 3 is 2.74 bits per heavy atom. The molecule has 2 aromatic rings. The minimum Gasteiger partial charge on any atom is -0.338 e. The van der Waals surface area contributed by atoms with Crippen molar-refractivity contribution in [2.45, 2.75) is 26.2 Å². The first-order valence-corrected chi connectivity index (χ1v) is 10.1. The van der Waals surface area contributed by atoms with Gasteiger partial charge in [0.05, 0.1) is 0 Å². The fraction of sp³-hybridized carbons (Fsp3) is 0.588. The van der Waals surface area contributed by atoms with Crippen LogP contribution in [-0.2, 0) is 6.42 Å². The van der Waals surface area contributed by atoms with Crippen molar-refractivity contribution < 1.29 is 4.79 Å². The number of anilines is 2. The van der Waals surface area contributed by atoms with Crippen LogP contribution in [0.1, 0.15) is 25.6 Å². The number of aryl methyl sites for hydroxylation is 1. The van der Waals surface area contributed by atoms with Crippen molar-refractivity contribution in [1.29, 1.82) is 0 Å². The standard InChI is InChI=1S/C17H26N8OS/c1-2-5-14-21-17(27-23-14)22-16(26)20-8-4-9-24-10-12-25(13-11-24)15-18-6-3-7-19-15/h3,6-7H,2,4-5,8-13H2,1H3,(H2,20,21,22,23,26). The zero-order chi connectivity index (χ0) is 18.9. The van der Waals surface area contributed by atoms with E-state index < -0.39 is 0 Å². The molecule has 2 amide bonds. The van der Waals surface area contributed by atoms with Crippen molar-refractivity contribution in [2.75, 3.05) is 49.5 Å². The minimum absolute atomic E-state index is 0.222. The van der Waals surface area contributed by atoms with Gasteiger partial charge in [-0.2, -0.15) is 4.37 Å². The number of amides is 2. The van der Waals surface area contributed by atoms with Crippen molar-refractivity contribution in [2.24, 2.45) is 0 Å². The molecule has 1 aliphatic rings. The molecule has 0 radical (unpaired) electrons. The van der Waals surface area contributed by atoms with Gasteiger partial charge in [-0.05, 0) is 25.5 Å².